The molecule has 3 rings (SSSR count). The van der Waals surface area contributed by atoms with Gasteiger partial charge in [-0.15, -0.1) is 0 Å². The first kappa shape index (κ1) is 15.9. The second kappa shape index (κ2) is 6.24. The summed E-state index contributed by atoms with van der Waals surface area (Å²) in [6.45, 7) is 6.88. The number of hydrogen-bond acceptors (Lipinski definition) is 1. The molecule has 3 nitrogen and oxygen atoms in total. The fourth-order valence-corrected chi connectivity index (χ4v) is 2.45. The minimum absolute atomic E-state index is 0.00768. The van der Waals surface area contributed by atoms with Gasteiger partial charge in [-0.1, -0.05) is 0 Å². The quantitative estimate of drug-likeness (QED) is 0.489. The Labute approximate surface area is 134 Å². The van der Waals surface area contributed by atoms with Gasteiger partial charge < -0.3 is 9.72 Å². The van der Waals surface area contributed by atoms with Gasteiger partial charge in [0.2, 0.25) is 12.1 Å². The van der Waals surface area contributed by atoms with Crippen molar-refractivity contribution in [3.05, 3.63) is 65.1 Å². The Balaban J connectivity index is 2.11. The van der Waals surface area contributed by atoms with Gasteiger partial charge in [0.15, 0.2) is 11.6 Å². The third-order valence-corrected chi connectivity index (χ3v) is 3.48. The number of fused-ring (bicyclic) bond motifs is 1. The van der Waals surface area contributed by atoms with E-state index in [1.54, 1.807) is 6.07 Å². The maximum absolute atomic E-state index is 14.3. The minimum atomic E-state index is -2.70. The first-order valence-electron chi connectivity index (χ1n) is 6.91. The summed E-state index contributed by atoms with van der Waals surface area (Å²) in [6, 6.07) is 5.99. The highest BCUT2D eigenvalue weighted by Gasteiger charge is 2.20. The monoisotopic (exact) mass is 334 g/mol. The third-order valence-electron chi connectivity index (χ3n) is 3.48. The molecule has 7 heteroatoms. The predicted octanol–water partition coefficient (Wildman–Crippen LogP) is 5.60. The van der Waals surface area contributed by atoms with Crippen molar-refractivity contribution in [2.24, 2.45) is 0 Å². The van der Waals surface area contributed by atoms with Gasteiger partial charge in [0.1, 0.15) is 11.6 Å². The van der Waals surface area contributed by atoms with E-state index in [9.17, 15) is 17.6 Å². The van der Waals surface area contributed by atoms with E-state index in [1.807, 2.05) is 0 Å². The Kier molecular flexibility index (Phi) is 4.13. The van der Waals surface area contributed by atoms with Gasteiger partial charge in [-0.05, 0) is 24.3 Å². The minimum Gasteiger partial charge on any atom is -0.455 e. The van der Waals surface area contributed by atoms with Crippen molar-refractivity contribution >= 4 is 16.6 Å². The van der Waals surface area contributed by atoms with Gasteiger partial charge in [0.05, 0.1) is 6.57 Å². The molecular weight excluding hydrogens is 324 g/mol. The van der Waals surface area contributed by atoms with Crippen molar-refractivity contribution in [1.29, 1.82) is 0 Å². The summed E-state index contributed by atoms with van der Waals surface area (Å²) >= 11 is 0. The maximum atomic E-state index is 14.3. The van der Waals surface area contributed by atoms with Gasteiger partial charge >= 0.3 is 0 Å². The van der Waals surface area contributed by atoms with E-state index in [2.05, 4.69) is 9.83 Å². The second-order valence-electron chi connectivity index (χ2n) is 5.03. The molecule has 1 heterocycles. The molecule has 0 aliphatic carbocycles. The number of aromatic amines is 1. The van der Waals surface area contributed by atoms with Crippen LogP contribution in [0.3, 0.4) is 0 Å². The zero-order valence-corrected chi connectivity index (χ0v) is 12.1. The average Bonchev–Trinajstić information content (AvgIpc) is 2.99. The summed E-state index contributed by atoms with van der Waals surface area (Å²) in [5.74, 6) is -1.93. The fraction of sp³-hybridized carbons (Fsp3) is 0.118. The molecule has 0 saturated heterocycles. The normalized spacial score (nSPS) is 11.0. The number of nitrogens with zero attached hydrogens (tertiary/aromatic N) is 1. The molecule has 2 aromatic carbocycles. The van der Waals surface area contributed by atoms with Crippen LogP contribution in [0, 0.1) is 18.2 Å². The molecule has 0 radical (unpaired) electrons. The van der Waals surface area contributed by atoms with Crippen molar-refractivity contribution < 1.29 is 22.3 Å². The Morgan fingerprint density at radius 2 is 1.92 bits per heavy atom. The SMILES string of the molecule is [C-]#[N+]c1cc(Oc2c(F)cc3[nH]ccc3c2CC(F)F)ccc1F. The van der Waals surface area contributed by atoms with Crippen LogP contribution in [-0.4, -0.2) is 11.4 Å². The molecule has 0 unspecified atom stereocenters. The Bertz CT molecular complexity index is 944. The van der Waals surface area contributed by atoms with E-state index in [1.165, 1.54) is 12.3 Å². The van der Waals surface area contributed by atoms with E-state index in [-0.39, 0.29) is 22.7 Å². The van der Waals surface area contributed by atoms with Crippen molar-refractivity contribution in [1.82, 2.24) is 4.98 Å². The summed E-state index contributed by atoms with van der Waals surface area (Å²) in [5.41, 5.74) is 0.0810. The number of alkyl halides is 2. The Hall–Kier alpha value is -3.01. The number of nitrogens with one attached hydrogen (secondary N) is 1. The molecule has 122 valence electrons. The largest absolute Gasteiger partial charge is 0.455 e. The summed E-state index contributed by atoms with van der Waals surface area (Å²) in [4.78, 5) is 5.74. The molecular formula is C17H10F4N2O. The number of hydrogen-bond donors (Lipinski definition) is 1. The number of halogens is 4. The molecule has 0 fully saturated rings. The van der Waals surface area contributed by atoms with Crippen LogP contribution in [0.5, 0.6) is 11.5 Å². The molecule has 1 N–H and O–H groups in total. The summed E-state index contributed by atoms with van der Waals surface area (Å²) in [7, 11) is 0. The van der Waals surface area contributed by atoms with E-state index in [0.717, 1.165) is 18.2 Å². The highest BCUT2D eigenvalue weighted by Crippen LogP contribution is 2.36. The lowest BCUT2D eigenvalue weighted by Gasteiger charge is -2.14. The lowest BCUT2D eigenvalue weighted by Crippen LogP contribution is -2.02. The Morgan fingerprint density at radius 1 is 1.12 bits per heavy atom. The van der Waals surface area contributed by atoms with Crippen LogP contribution in [0.2, 0.25) is 0 Å². The fourth-order valence-electron chi connectivity index (χ4n) is 2.45. The molecule has 0 saturated carbocycles. The van der Waals surface area contributed by atoms with Crippen molar-refractivity contribution in [2.75, 3.05) is 0 Å². The molecule has 24 heavy (non-hydrogen) atoms. The molecule has 1 aromatic heterocycles. The van der Waals surface area contributed by atoms with E-state index in [0.29, 0.717) is 10.9 Å². The number of ether oxygens (including phenoxy) is 1. The van der Waals surface area contributed by atoms with Crippen LogP contribution < -0.4 is 4.74 Å². The maximum Gasteiger partial charge on any atom is 0.242 e. The lowest BCUT2D eigenvalue weighted by atomic mass is 10.1. The summed E-state index contributed by atoms with van der Waals surface area (Å²) in [5, 5.41) is 0.416. The van der Waals surface area contributed by atoms with Crippen LogP contribution in [0.1, 0.15) is 5.56 Å². The highest BCUT2D eigenvalue weighted by atomic mass is 19.3. The number of benzene rings is 2. The molecule has 0 atom stereocenters. The molecule has 0 spiro atoms. The second-order valence-corrected chi connectivity index (χ2v) is 5.03. The third kappa shape index (κ3) is 2.91. The van der Waals surface area contributed by atoms with E-state index < -0.39 is 24.5 Å². The lowest BCUT2D eigenvalue weighted by molar-refractivity contribution is 0.148. The van der Waals surface area contributed by atoms with Crippen molar-refractivity contribution in [2.45, 2.75) is 12.8 Å². The standard InChI is InChI=1S/C17H10F4N2O/c1-22-15-6-9(2-3-12(15)18)24-17-11(7-16(20)21)10-4-5-23-14(10)8-13(17)19/h2-6,8,16,23H,7H2. The zero-order valence-electron chi connectivity index (χ0n) is 12.1. The van der Waals surface area contributed by atoms with Gasteiger partial charge in [-0.2, -0.15) is 0 Å². The smallest absolute Gasteiger partial charge is 0.242 e. The van der Waals surface area contributed by atoms with E-state index in [4.69, 9.17) is 11.3 Å². The molecule has 0 bridgehead atoms. The molecule has 0 aliphatic rings. The van der Waals surface area contributed by atoms with Crippen LogP contribution in [0.15, 0.2) is 36.5 Å². The van der Waals surface area contributed by atoms with Crippen LogP contribution in [-0.2, 0) is 6.42 Å². The molecule has 0 amide bonds. The highest BCUT2D eigenvalue weighted by molar-refractivity contribution is 5.85. The van der Waals surface area contributed by atoms with Crippen LogP contribution in [0.4, 0.5) is 23.2 Å². The summed E-state index contributed by atoms with van der Waals surface area (Å²) < 4.78 is 58.9. The van der Waals surface area contributed by atoms with Gasteiger partial charge in [-0.3, -0.25) is 0 Å². The molecule has 3 aromatic rings. The van der Waals surface area contributed by atoms with Crippen molar-refractivity contribution in [3.8, 4) is 11.5 Å². The zero-order chi connectivity index (χ0) is 17.3. The van der Waals surface area contributed by atoms with Crippen LogP contribution in [0.25, 0.3) is 15.7 Å². The number of rotatable bonds is 4. The van der Waals surface area contributed by atoms with Crippen LogP contribution >= 0.6 is 0 Å². The first-order chi connectivity index (χ1) is 11.5. The van der Waals surface area contributed by atoms with Gasteiger partial charge in [0, 0.05) is 35.2 Å². The van der Waals surface area contributed by atoms with Gasteiger partial charge in [-0.25, -0.2) is 22.4 Å². The molecule has 0 aliphatic heterocycles. The predicted molar refractivity (Wildman–Crippen MR) is 80.7 cm³/mol. The van der Waals surface area contributed by atoms with Gasteiger partial charge in [0.25, 0.3) is 0 Å². The topological polar surface area (TPSA) is 29.4 Å². The number of aromatic nitrogens is 1. The first-order valence-corrected chi connectivity index (χ1v) is 6.91. The Morgan fingerprint density at radius 3 is 2.62 bits per heavy atom. The number of H-pyrrole nitrogens is 1. The van der Waals surface area contributed by atoms with E-state index >= 15 is 0 Å². The average molecular weight is 334 g/mol. The van der Waals surface area contributed by atoms with Crippen molar-refractivity contribution in [3.63, 3.8) is 0 Å². The summed E-state index contributed by atoms with van der Waals surface area (Å²) in [6.07, 6.45) is -1.88.